The van der Waals surface area contributed by atoms with Gasteiger partial charge in [-0.2, -0.15) is 0 Å². The molecule has 6 heteroatoms. The zero-order valence-corrected chi connectivity index (χ0v) is 17.8. The van der Waals surface area contributed by atoms with Crippen LogP contribution in [0.3, 0.4) is 0 Å². The molecule has 0 amide bonds. The van der Waals surface area contributed by atoms with Crippen LogP contribution < -0.4 is 14.8 Å². The topological polar surface area (TPSA) is 30.5 Å². The molecule has 0 saturated carbocycles. The first-order chi connectivity index (χ1) is 11.2. The molecular weight excluding hydrogens is 457 g/mol. The quantitative estimate of drug-likeness (QED) is 0.516. The maximum absolute atomic E-state index is 5.75. The third-order valence-electron chi connectivity index (χ3n) is 3.45. The molecule has 0 spiro atoms. The maximum atomic E-state index is 5.75. The van der Waals surface area contributed by atoms with Crippen molar-refractivity contribution in [2.24, 2.45) is 0 Å². The number of hydrogen-bond donors (Lipinski definition) is 1. The van der Waals surface area contributed by atoms with Crippen LogP contribution in [0.25, 0.3) is 0 Å². The Hall–Kier alpha value is -0.750. The van der Waals surface area contributed by atoms with Gasteiger partial charge in [-0.3, -0.25) is 0 Å². The molecule has 2 aromatic carbocycles. The van der Waals surface area contributed by atoms with Crippen molar-refractivity contribution < 1.29 is 9.47 Å². The molecule has 0 unspecified atom stereocenters. The van der Waals surface area contributed by atoms with E-state index in [1.807, 2.05) is 31.2 Å². The van der Waals surface area contributed by atoms with E-state index in [1.165, 1.54) is 5.56 Å². The van der Waals surface area contributed by atoms with Crippen LogP contribution in [-0.2, 0) is 13.0 Å². The molecule has 0 aliphatic rings. The first-order valence-electron chi connectivity index (χ1n) is 7.59. The molecule has 0 aliphatic heterocycles. The van der Waals surface area contributed by atoms with Gasteiger partial charge in [-0.15, -0.1) is 12.4 Å². The summed E-state index contributed by atoms with van der Waals surface area (Å²) in [5.74, 6) is 1.84. The number of nitrogens with one attached hydrogen (secondary N) is 1. The highest BCUT2D eigenvalue weighted by atomic mass is 79.9. The fourth-order valence-electron chi connectivity index (χ4n) is 2.41. The Morgan fingerprint density at radius 1 is 1.08 bits per heavy atom. The van der Waals surface area contributed by atoms with E-state index < -0.39 is 0 Å². The molecule has 2 aromatic rings. The van der Waals surface area contributed by atoms with Gasteiger partial charge in [-0.25, -0.2) is 0 Å². The van der Waals surface area contributed by atoms with E-state index in [0.29, 0.717) is 6.61 Å². The Morgan fingerprint density at radius 3 is 2.54 bits per heavy atom. The highest BCUT2D eigenvalue weighted by Crippen LogP contribution is 2.33. The highest BCUT2D eigenvalue weighted by Gasteiger charge is 2.10. The van der Waals surface area contributed by atoms with Crippen molar-refractivity contribution in [3.63, 3.8) is 0 Å². The van der Waals surface area contributed by atoms with Crippen molar-refractivity contribution in [2.75, 3.05) is 20.3 Å². The lowest BCUT2D eigenvalue weighted by atomic mass is 10.1. The smallest absolute Gasteiger partial charge is 0.138 e. The van der Waals surface area contributed by atoms with Crippen molar-refractivity contribution in [1.29, 1.82) is 0 Å². The molecule has 0 aromatic heterocycles. The minimum Gasteiger partial charge on any atom is -0.496 e. The predicted octanol–water partition coefficient (Wildman–Crippen LogP) is 5.37. The fourth-order valence-corrected chi connectivity index (χ4v) is 3.83. The van der Waals surface area contributed by atoms with Gasteiger partial charge >= 0.3 is 0 Å². The second kappa shape index (κ2) is 11.0. The molecule has 0 radical (unpaired) electrons. The van der Waals surface area contributed by atoms with Gasteiger partial charge < -0.3 is 14.8 Å². The standard InChI is InChI=1S/C18H21Br2NO2.ClH/c1-3-23-18-14(10-15(19)11-16(18)20)12-21-9-8-13-6-4-5-7-17(13)22-2;/h4-7,10-11,21H,3,8-9,12H2,1-2H3;1H. The van der Waals surface area contributed by atoms with Crippen LogP contribution >= 0.6 is 44.3 Å². The molecule has 0 aliphatic carbocycles. The van der Waals surface area contributed by atoms with Gasteiger partial charge in [-0.05, 0) is 59.6 Å². The Kier molecular flexibility index (Phi) is 9.74. The Bertz CT molecular complexity index is 653. The van der Waals surface area contributed by atoms with E-state index >= 15 is 0 Å². The lowest BCUT2D eigenvalue weighted by molar-refractivity contribution is 0.333. The number of para-hydroxylation sites is 1. The third-order valence-corrected chi connectivity index (χ3v) is 4.50. The number of hydrogen-bond acceptors (Lipinski definition) is 3. The maximum Gasteiger partial charge on any atom is 0.138 e. The van der Waals surface area contributed by atoms with Crippen LogP contribution in [0.4, 0.5) is 0 Å². The van der Waals surface area contributed by atoms with Crippen LogP contribution in [-0.4, -0.2) is 20.3 Å². The molecule has 132 valence electrons. The van der Waals surface area contributed by atoms with Crippen molar-refractivity contribution in [2.45, 2.75) is 19.9 Å². The lowest BCUT2D eigenvalue weighted by Gasteiger charge is -2.14. The predicted molar refractivity (Wildman–Crippen MR) is 109 cm³/mol. The van der Waals surface area contributed by atoms with E-state index in [1.54, 1.807) is 7.11 Å². The second-order valence-electron chi connectivity index (χ2n) is 5.05. The highest BCUT2D eigenvalue weighted by molar-refractivity contribution is 9.11. The second-order valence-corrected chi connectivity index (χ2v) is 6.82. The lowest BCUT2D eigenvalue weighted by Crippen LogP contribution is -2.17. The van der Waals surface area contributed by atoms with Gasteiger partial charge in [0.05, 0.1) is 18.2 Å². The van der Waals surface area contributed by atoms with Crippen LogP contribution in [0.15, 0.2) is 45.3 Å². The third kappa shape index (κ3) is 5.96. The largest absolute Gasteiger partial charge is 0.496 e. The summed E-state index contributed by atoms with van der Waals surface area (Å²) in [5.41, 5.74) is 2.34. The molecule has 24 heavy (non-hydrogen) atoms. The summed E-state index contributed by atoms with van der Waals surface area (Å²) in [6, 6.07) is 12.2. The van der Waals surface area contributed by atoms with E-state index in [2.05, 4.69) is 49.3 Å². The van der Waals surface area contributed by atoms with E-state index in [9.17, 15) is 0 Å². The average Bonchev–Trinajstić information content (AvgIpc) is 2.55. The van der Waals surface area contributed by atoms with Gasteiger partial charge in [-0.1, -0.05) is 34.1 Å². The van der Waals surface area contributed by atoms with Crippen molar-refractivity contribution in [1.82, 2.24) is 5.32 Å². The minimum absolute atomic E-state index is 0. The van der Waals surface area contributed by atoms with Crippen molar-refractivity contribution in [3.8, 4) is 11.5 Å². The summed E-state index contributed by atoms with van der Waals surface area (Å²) in [6.45, 7) is 4.26. The number of benzene rings is 2. The Morgan fingerprint density at radius 2 is 1.83 bits per heavy atom. The fraction of sp³-hybridized carbons (Fsp3) is 0.333. The summed E-state index contributed by atoms with van der Waals surface area (Å²) < 4.78 is 13.1. The van der Waals surface area contributed by atoms with Gasteiger partial charge in [0, 0.05) is 16.6 Å². The van der Waals surface area contributed by atoms with Gasteiger partial charge in [0.25, 0.3) is 0 Å². The summed E-state index contributed by atoms with van der Waals surface area (Å²) >= 11 is 7.10. The Labute approximate surface area is 166 Å². The molecule has 0 fully saturated rings. The molecule has 0 heterocycles. The zero-order valence-electron chi connectivity index (χ0n) is 13.8. The number of rotatable bonds is 8. The van der Waals surface area contributed by atoms with E-state index in [-0.39, 0.29) is 12.4 Å². The molecule has 0 atom stereocenters. The molecular formula is C18H22Br2ClNO2. The summed E-state index contributed by atoms with van der Waals surface area (Å²) in [6.07, 6.45) is 0.920. The van der Waals surface area contributed by atoms with E-state index in [4.69, 9.17) is 9.47 Å². The van der Waals surface area contributed by atoms with Gasteiger partial charge in [0.2, 0.25) is 0 Å². The van der Waals surface area contributed by atoms with Crippen LogP contribution in [0.2, 0.25) is 0 Å². The van der Waals surface area contributed by atoms with Crippen molar-refractivity contribution >= 4 is 44.3 Å². The number of methoxy groups -OCH3 is 1. The van der Waals surface area contributed by atoms with Gasteiger partial charge in [0.15, 0.2) is 0 Å². The molecule has 2 rings (SSSR count). The molecule has 0 saturated heterocycles. The normalized spacial score (nSPS) is 10.2. The van der Waals surface area contributed by atoms with Crippen LogP contribution in [0, 0.1) is 0 Å². The van der Waals surface area contributed by atoms with Crippen LogP contribution in [0.1, 0.15) is 18.1 Å². The summed E-state index contributed by atoms with van der Waals surface area (Å²) in [7, 11) is 1.71. The van der Waals surface area contributed by atoms with E-state index in [0.717, 1.165) is 45.5 Å². The first kappa shape index (κ1) is 21.3. The monoisotopic (exact) mass is 477 g/mol. The molecule has 0 bridgehead atoms. The average molecular weight is 480 g/mol. The molecule has 1 N–H and O–H groups in total. The van der Waals surface area contributed by atoms with Crippen molar-refractivity contribution in [3.05, 3.63) is 56.5 Å². The Balaban J connectivity index is 0.00000288. The number of ether oxygens (including phenoxy) is 2. The SMILES string of the molecule is CCOc1c(Br)cc(Br)cc1CNCCc1ccccc1OC.Cl. The van der Waals surface area contributed by atoms with Crippen LogP contribution in [0.5, 0.6) is 11.5 Å². The first-order valence-corrected chi connectivity index (χ1v) is 9.17. The number of halogens is 3. The zero-order chi connectivity index (χ0) is 16.7. The molecule has 3 nitrogen and oxygen atoms in total. The minimum atomic E-state index is 0. The van der Waals surface area contributed by atoms with Gasteiger partial charge in [0.1, 0.15) is 11.5 Å². The summed E-state index contributed by atoms with van der Waals surface area (Å²) in [5, 5.41) is 3.48. The summed E-state index contributed by atoms with van der Waals surface area (Å²) in [4.78, 5) is 0.